The summed E-state index contributed by atoms with van der Waals surface area (Å²) in [5.41, 5.74) is 0.391. The third-order valence-electron chi connectivity index (χ3n) is 5.30. The molecule has 0 saturated carbocycles. The number of aromatic nitrogens is 4. The summed E-state index contributed by atoms with van der Waals surface area (Å²) in [6.07, 6.45) is 11.4. The molecule has 6 nitrogen and oxygen atoms in total. The average Bonchev–Trinajstić information content (AvgIpc) is 3.16. The number of aryl methyl sites for hydroxylation is 1. The zero-order chi connectivity index (χ0) is 15.7. The van der Waals surface area contributed by atoms with Gasteiger partial charge in [0.15, 0.2) is 0 Å². The van der Waals surface area contributed by atoms with Crippen molar-refractivity contribution in [1.29, 1.82) is 0 Å². The molecular weight excluding hydrogens is 288 g/mol. The van der Waals surface area contributed by atoms with Crippen LogP contribution in [0, 0.1) is 5.41 Å². The van der Waals surface area contributed by atoms with Crippen LogP contribution in [0.25, 0.3) is 0 Å². The predicted octanol–water partition coefficient (Wildman–Crippen LogP) is 1.70. The summed E-state index contributed by atoms with van der Waals surface area (Å²) < 4.78 is 2.12. The minimum absolute atomic E-state index is 0.391. The van der Waals surface area contributed by atoms with Gasteiger partial charge in [0.2, 0.25) is 5.95 Å². The molecule has 2 aliphatic heterocycles. The molecule has 2 aliphatic rings. The van der Waals surface area contributed by atoms with E-state index in [4.69, 9.17) is 0 Å². The molecule has 0 aromatic carbocycles. The number of rotatable bonds is 3. The van der Waals surface area contributed by atoms with E-state index >= 15 is 0 Å². The topological polar surface area (TPSA) is 50.1 Å². The normalized spacial score (nSPS) is 25.3. The van der Waals surface area contributed by atoms with Crippen molar-refractivity contribution in [2.45, 2.75) is 25.8 Å². The van der Waals surface area contributed by atoms with Crippen LogP contribution in [-0.4, -0.2) is 50.6 Å². The molecule has 6 heteroatoms. The Balaban J connectivity index is 1.44. The van der Waals surface area contributed by atoms with Crippen molar-refractivity contribution in [2.24, 2.45) is 12.5 Å². The minimum atomic E-state index is 0.391. The summed E-state index contributed by atoms with van der Waals surface area (Å²) >= 11 is 0. The standard InChI is InChI=1S/C17H24N6/c1-21-11-8-18-15(21)12-22-10-5-17(13-22)4-2-9-23(14-17)16-19-6-3-7-20-16/h3,6-8,11H,2,4-5,9-10,12-14H2,1H3/t17-/m1/s1. The van der Waals surface area contributed by atoms with E-state index in [0.29, 0.717) is 5.41 Å². The number of hydrogen-bond donors (Lipinski definition) is 0. The van der Waals surface area contributed by atoms with Gasteiger partial charge in [-0.3, -0.25) is 4.90 Å². The highest BCUT2D eigenvalue weighted by atomic mass is 15.3. The van der Waals surface area contributed by atoms with Crippen LogP contribution in [0.15, 0.2) is 30.9 Å². The third kappa shape index (κ3) is 2.95. The summed E-state index contributed by atoms with van der Waals surface area (Å²) in [5, 5.41) is 0. The van der Waals surface area contributed by atoms with Crippen LogP contribution in [0.1, 0.15) is 25.1 Å². The van der Waals surface area contributed by atoms with Crippen molar-refractivity contribution in [1.82, 2.24) is 24.4 Å². The largest absolute Gasteiger partial charge is 0.340 e. The first kappa shape index (κ1) is 14.6. The van der Waals surface area contributed by atoms with Gasteiger partial charge in [0, 0.05) is 56.9 Å². The average molecular weight is 312 g/mol. The summed E-state index contributed by atoms with van der Waals surface area (Å²) in [6, 6.07) is 1.88. The molecule has 0 amide bonds. The monoisotopic (exact) mass is 312 g/mol. The first-order chi connectivity index (χ1) is 11.2. The van der Waals surface area contributed by atoms with E-state index in [1.165, 1.54) is 19.3 Å². The molecule has 23 heavy (non-hydrogen) atoms. The molecule has 4 rings (SSSR count). The Morgan fingerprint density at radius 3 is 2.70 bits per heavy atom. The molecule has 1 spiro atoms. The molecule has 0 aliphatic carbocycles. The lowest BCUT2D eigenvalue weighted by Crippen LogP contribution is -2.45. The number of nitrogens with zero attached hydrogens (tertiary/aromatic N) is 6. The lowest BCUT2D eigenvalue weighted by molar-refractivity contribution is 0.212. The van der Waals surface area contributed by atoms with Crippen LogP contribution in [0.4, 0.5) is 5.95 Å². The summed E-state index contributed by atoms with van der Waals surface area (Å²) in [4.78, 5) is 18.3. The van der Waals surface area contributed by atoms with Crippen molar-refractivity contribution in [3.63, 3.8) is 0 Å². The zero-order valence-electron chi connectivity index (χ0n) is 13.7. The van der Waals surface area contributed by atoms with Gasteiger partial charge in [-0.25, -0.2) is 15.0 Å². The number of hydrogen-bond acceptors (Lipinski definition) is 5. The van der Waals surface area contributed by atoms with E-state index in [0.717, 1.165) is 44.5 Å². The summed E-state index contributed by atoms with van der Waals surface area (Å²) in [6.45, 7) is 5.42. The van der Waals surface area contributed by atoms with E-state index in [2.05, 4.69) is 36.4 Å². The fourth-order valence-electron chi connectivity index (χ4n) is 4.08. The second-order valence-corrected chi connectivity index (χ2v) is 6.99. The van der Waals surface area contributed by atoms with Crippen LogP contribution in [0.2, 0.25) is 0 Å². The smallest absolute Gasteiger partial charge is 0.225 e. The molecule has 2 saturated heterocycles. The molecule has 2 aromatic rings. The number of likely N-dealkylation sites (tertiary alicyclic amines) is 1. The first-order valence-electron chi connectivity index (χ1n) is 8.45. The Hall–Kier alpha value is -1.95. The second-order valence-electron chi connectivity index (χ2n) is 6.99. The maximum absolute atomic E-state index is 4.47. The van der Waals surface area contributed by atoms with Gasteiger partial charge in [0.05, 0.1) is 6.54 Å². The van der Waals surface area contributed by atoms with Crippen LogP contribution in [0.5, 0.6) is 0 Å². The van der Waals surface area contributed by atoms with Gasteiger partial charge < -0.3 is 9.47 Å². The second kappa shape index (κ2) is 5.92. The first-order valence-corrected chi connectivity index (χ1v) is 8.45. The minimum Gasteiger partial charge on any atom is -0.340 e. The molecule has 0 N–H and O–H groups in total. The van der Waals surface area contributed by atoms with Crippen LogP contribution >= 0.6 is 0 Å². The SMILES string of the molecule is Cn1ccnc1CN1CC[C@]2(CCCN(c3ncccn3)C2)C1. The molecule has 0 bridgehead atoms. The molecule has 0 radical (unpaired) electrons. The Bertz CT molecular complexity index is 654. The summed E-state index contributed by atoms with van der Waals surface area (Å²) in [5.74, 6) is 2.04. The highest BCUT2D eigenvalue weighted by Crippen LogP contribution is 2.40. The van der Waals surface area contributed by atoms with Gasteiger partial charge >= 0.3 is 0 Å². The van der Waals surface area contributed by atoms with Crippen molar-refractivity contribution in [3.8, 4) is 0 Å². The van der Waals surface area contributed by atoms with Gasteiger partial charge in [-0.1, -0.05) is 0 Å². The van der Waals surface area contributed by atoms with Gasteiger partial charge in [0.1, 0.15) is 5.82 Å². The van der Waals surface area contributed by atoms with E-state index in [-0.39, 0.29) is 0 Å². The van der Waals surface area contributed by atoms with Gasteiger partial charge in [0.25, 0.3) is 0 Å². The van der Waals surface area contributed by atoms with Crippen molar-refractivity contribution in [2.75, 3.05) is 31.1 Å². The van der Waals surface area contributed by atoms with Crippen LogP contribution in [-0.2, 0) is 13.6 Å². The lowest BCUT2D eigenvalue weighted by Gasteiger charge is -2.40. The predicted molar refractivity (Wildman–Crippen MR) is 89.0 cm³/mol. The molecule has 2 fully saturated rings. The molecule has 122 valence electrons. The summed E-state index contributed by atoms with van der Waals surface area (Å²) in [7, 11) is 2.07. The van der Waals surface area contributed by atoms with E-state index in [1.54, 1.807) is 0 Å². The maximum atomic E-state index is 4.47. The fourth-order valence-corrected chi connectivity index (χ4v) is 4.08. The molecular formula is C17H24N6. The number of anilines is 1. The number of piperidine rings is 1. The third-order valence-corrected chi connectivity index (χ3v) is 5.30. The van der Waals surface area contributed by atoms with Gasteiger partial charge in [-0.15, -0.1) is 0 Å². The van der Waals surface area contributed by atoms with E-state index in [1.807, 2.05) is 30.9 Å². The fraction of sp³-hybridized carbons (Fsp3) is 0.588. The Labute approximate surface area is 137 Å². The maximum Gasteiger partial charge on any atom is 0.225 e. The highest BCUT2D eigenvalue weighted by molar-refractivity contribution is 5.30. The molecule has 1 atom stereocenters. The van der Waals surface area contributed by atoms with Crippen molar-refractivity contribution >= 4 is 5.95 Å². The van der Waals surface area contributed by atoms with Gasteiger partial charge in [-0.2, -0.15) is 0 Å². The van der Waals surface area contributed by atoms with Gasteiger partial charge in [-0.05, 0) is 31.9 Å². The Morgan fingerprint density at radius 2 is 1.91 bits per heavy atom. The van der Waals surface area contributed by atoms with Crippen molar-refractivity contribution in [3.05, 3.63) is 36.7 Å². The Kier molecular flexibility index (Phi) is 3.77. The van der Waals surface area contributed by atoms with Crippen molar-refractivity contribution < 1.29 is 0 Å². The van der Waals surface area contributed by atoms with E-state index < -0.39 is 0 Å². The lowest BCUT2D eigenvalue weighted by atomic mass is 9.79. The Morgan fingerprint density at radius 1 is 1.04 bits per heavy atom. The number of imidazole rings is 1. The zero-order valence-corrected chi connectivity index (χ0v) is 13.7. The highest BCUT2D eigenvalue weighted by Gasteiger charge is 2.41. The quantitative estimate of drug-likeness (QED) is 0.863. The van der Waals surface area contributed by atoms with Crippen LogP contribution in [0.3, 0.4) is 0 Å². The van der Waals surface area contributed by atoms with Crippen LogP contribution < -0.4 is 4.90 Å². The molecule has 2 aromatic heterocycles. The molecule has 0 unspecified atom stereocenters. The molecule has 4 heterocycles. The van der Waals surface area contributed by atoms with E-state index in [9.17, 15) is 0 Å².